The van der Waals surface area contributed by atoms with Gasteiger partial charge < -0.3 is 15.6 Å². The molecule has 0 radical (unpaired) electrons. The van der Waals surface area contributed by atoms with Crippen LogP contribution < -0.4 is 5.73 Å². The molecule has 0 heterocycles. The lowest BCUT2D eigenvalue weighted by molar-refractivity contribution is -0.00521. The Bertz CT molecular complexity index is 251. The maximum atomic E-state index is 8.50. The van der Waals surface area contributed by atoms with Gasteiger partial charge in [-0.05, 0) is 37.8 Å². The standard InChI is InChI=1S/C11H18ClNO2/c12-11-3-1-9(2-4-11)10(7-13)5-6-15-8-14/h1,3,10,14H,2,4-8,13H2. The van der Waals surface area contributed by atoms with Crippen LogP contribution in [0.5, 0.6) is 0 Å². The van der Waals surface area contributed by atoms with Crippen molar-refractivity contribution in [2.75, 3.05) is 19.9 Å². The first kappa shape index (κ1) is 12.7. The average Bonchev–Trinajstić information content (AvgIpc) is 2.26. The molecule has 0 saturated carbocycles. The van der Waals surface area contributed by atoms with E-state index >= 15 is 0 Å². The van der Waals surface area contributed by atoms with E-state index in [4.69, 9.17) is 27.2 Å². The minimum absolute atomic E-state index is 0.220. The van der Waals surface area contributed by atoms with Crippen molar-refractivity contribution in [3.05, 3.63) is 22.8 Å². The Morgan fingerprint density at radius 1 is 1.47 bits per heavy atom. The molecular weight excluding hydrogens is 214 g/mol. The van der Waals surface area contributed by atoms with Gasteiger partial charge in [-0.1, -0.05) is 23.3 Å². The van der Waals surface area contributed by atoms with Crippen molar-refractivity contribution in [3.63, 3.8) is 0 Å². The third kappa shape index (κ3) is 4.34. The summed E-state index contributed by atoms with van der Waals surface area (Å²) >= 11 is 5.88. The number of nitrogens with two attached hydrogens (primary N) is 1. The number of halogens is 1. The van der Waals surface area contributed by atoms with Gasteiger partial charge >= 0.3 is 0 Å². The van der Waals surface area contributed by atoms with Crippen LogP contribution in [0.3, 0.4) is 0 Å². The monoisotopic (exact) mass is 231 g/mol. The van der Waals surface area contributed by atoms with E-state index in [0.29, 0.717) is 19.1 Å². The summed E-state index contributed by atoms with van der Waals surface area (Å²) in [4.78, 5) is 0. The van der Waals surface area contributed by atoms with Crippen LogP contribution in [-0.2, 0) is 4.74 Å². The summed E-state index contributed by atoms with van der Waals surface area (Å²) in [5.74, 6) is 0.345. The number of allylic oxidation sites excluding steroid dienone is 3. The molecule has 3 nitrogen and oxygen atoms in total. The fourth-order valence-electron chi connectivity index (χ4n) is 1.71. The van der Waals surface area contributed by atoms with Crippen LogP contribution >= 0.6 is 11.6 Å². The van der Waals surface area contributed by atoms with Crippen LogP contribution in [0.1, 0.15) is 19.3 Å². The van der Waals surface area contributed by atoms with Crippen LogP contribution in [0.2, 0.25) is 0 Å². The quantitative estimate of drug-likeness (QED) is 0.541. The Balaban J connectivity index is 2.44. The molecule has 1 aliphatic rings. The molecule has 1 aliphatic carbocycles. The van der Waals surface area contributed by atoms with Crippen molar-refractivity contribution < 1.29 is 9.84 Å². The lowest BCUT2D eigenvalue weighted by Gasteiger charge is -2.20. The largest absolute Gasteiger partial charge is 0.371 e. The molecule has 0 aromatic rings. The van der Waals surface area contributed by atoms with Gasteiger partial charge in [-0.3, -0.25) is 0 Å². The first-order chi connectivity index (χ1) is 7.27. The van der Waals surface area contributed by atoms with Gasteiger partial charge in [0.05, 0.1) is 6.61 Å². The molecule has 0 aromatic heterocycles. The predicted molar refractivity (Wildman–Crippen MR) is 61.5 cm³/mol. The average molecular weight is 232 g/mol. The second-order valence-corrected chi connectivity index (χ2v) is 4.10. The van der Waals surface area contributed by atoms with Gasteiger partial charge in [-0.25, -0.2) is 0 Å². The summed E-state index contributed by atoms with van der Waals surface area (Å²) in [7, 11) is 0. The van der Waals surface area contributed by atoms with Gasteiger partial charge in [0, 0.05) is 5.03 Å². The highest BCUT2D eigenvalue weighted by molar-refractivity contribution is 6.29. The molecule has 3 N–H and O–H groups in total. The first-order valence-electron chi connectivity index (χ1n) is 5.21. The number of rotatable bonds is 6. The number of ether oxygens (including phenoxy) is 1. The fraction of sp³-hybridized carbons (Fsp3) is 0.636. The topological polar surface area (TPSA) is 55.5 Å². The first-order valence-corrected chi connectivity index (χ1v) is 5.59. The Morgan fingerprint density at radius 2 is 2.27 bits per heavy atom. The van der Waals surface area contributed by atoms with Crippen LogP contribution in [0.15, 0.2) is 22.8 Å². The molecule has 1 unspecified atom stereocenters. The van der Waals surface area contributed by atoms with Crippen molar-refractivity contribution in [2.45, 2.75) is 19.3 Å². The van der Waals surface area contributed by atoms with Crippen LogP contribution in [0.4, 0.5) is 0 Å². The van der Waals surface area contributed by atoms with E-state index in [1.807, 2.05) is 6.08 Å². The molecule has 1 atom stereocenters. The molecule has 1 rings (SSSR count). The second kappa shape index (κ2) is 7.01. The predicted octanol–water partition coefficient (Wildman–Crippen LogP) is 1.76. The van der Waals surface area contributed by atoms with E-state index in [1.54, 1.807) is 0 Å². The van der Waals surface area contributed by atoms with Crippen molar-refractivity contribution in [2.24, 2.45) is 11.7 Å². The van der Waals surface area contributed by atoms with Crippen molar-refractivity contribution in [1.29, 1.82) is 0 Å². The third-order valence-corrected chi connectivity index (χ3v) is 2.96. The van der Waals surface area contributed by atoms with Crippen molar-refractivity contribution in [3.8, 4) is 0 Å². The van der Waals surface area contributed by atoms with E-state index in [9.17, 15) is 0 Å². The minimum atomic E-state index is -0.220. The minimum Gasteiger partial charge on any atom is -0.371 e. The molecule has 0 fully saturated rings. The van der Waals surface area contributed by atoms with Gasteiger partial charge in [0.25, 0.3) is 0 Å². The number of hydrogen-bond acceptors (Lipinski definition) is 3. The van der Waals surface area contributed by atoms with E-state index in [1.165, 1.54) is 5.57 Å². The van der Waals surface area contributed by atoms with Gasteiger partial charge in [0.2, 0.25) is 0 Å². The second-order valence-electron chi connectivity index (χ2n) is 3.61. The molecule has 86 valence electrons. The number of aliphatic hydroxyl groups excluding tert-OH is 1. The number of hydrogen-bond donors (Lipinski definition) is 2. The van der Waals surface area contributed by atoms with Gasteiger partial charge in [0.15, 0.2) is 0 Å². The maximum Gasteiger partial charge on any atom is 0.143 e. The SMILES string of the molecule is NCC(CCOCO)C1=CC=C(Cl)CC1. The highest BCUT2D eigenvalue weighted by atomic mass is 35.5. The summed E-state index contributed by atoms with van der Waals surface area (Å²) in [5.41, 5.74) is 7.04. The molecule has 0 amide bonds. The fourth-order valence-corrected chi connectivity index (χ4v) is 1.87. The Morgan fingerprint density at radius 3 is 2.80 bits per heavy atom. The summed E-state index contributed by atoms with van der Waals surface area (Å²) in [6, 6.07) is 0. The normalized spacial score (nSPS) is 18.3. The Kier molecular flexibility index (Phi) is 5.95. The van der Waals surface area contributed by atoms with Crippen molar-refractivity contribution in [1.82, 2.24) is 0 Å². The lowest BCUT2D eigenvalue weighted by Crippen LogP contribution is -2.19. The van der Waals surface area contributed by atoms with Crippen LogP contribution in [0, 0.1) is 5.92 Å². The molecule has 4 heteroatoms. The van der Waals surface area contributed by atoms with E-state index in [2.05, 4.69) is 6.08 Å². The van der Waals surface area contributed by atoms with Gasteiger partial charge in [0.1, 0.15) is 6.79 Å². The summed E-state index contributed by atoms with van der Waals surface area (Å²) in [6.07, 6.45) is 6.74. The van der Waals surface area contributed by atoms with Gasteiger partial charge in [-0.2, -0.15) is 0 Å². The van der Waals surface area contributed by atoms with E-state index < -0.39 is 0 Å². The summed E-state index contributed by atoms with van der Waals surface area (Å²) < 4.78 is 4.91. The zero-order valence-corrected chi connectivity index (χ0v) is 9.54. The highest BCUT2D eigenvalue weighted by Gasteiger charge is 2.14. The van der Waals surface area contributed by atoms with Crippen molar-refractivity contribution >= 4 is 11.6 Å². The van der Waals surface area contributed by atoms with E-state index in [0.717, 1.165) is 24.3 Å². The zero-order valence-electron chi connectivity index (χ0n) is 8.79. The highest BCUT2D eigenvalue weighted by Crippen LogP contribution is 2.27. The van der Waals surface area contributed by atoms with Crippen LogP contribution in [-0.4, -0.2) is 25.1 Å². The summed E-state index contributed by atoms with van der Waals surface area (Å²) in [6.45, 7) is 0.946. The van der Waals surface area contributed by atoms with Crippen LogP contribution in [0.25, 0.3) is 0 Å². The smallest absolute Gasteiger partial charge is 0.143 e. The molecule has 0 spiro atoms. The summed E-state index contributed by atoms with van der Waals surface area (Å²) in [5, 5.41) is 9.41. The number of aliphatic hydroxyl groups is 1. The molecule has 0 aliphatic heterocycles. The lowest BCUT2D eigenvalue weighted by atomic mass is 9.90. The van der Waals surface area contributed by atoms with Gasteiger partial charge in [-0.15, -0.1) is 0 Å². The molecule has 0 bridgehead atoms. The third-order valence-electron chi connectivity index (χ3n) is 2.64. The Hall–Kier alpha value is -0.350. The molecule has 0 aromatic carbocycles. The Labute approximate surface area is 95.6 Å². The van der Waals surface area contributed by atoms with E-state index in [-0.39, 0.29) is 6.79 Å². The maximum absolute atomic E-state index is 8.50. The molecule has 15 heavy (non-hydrogen) atoms. The zero-order chi connectivity index (χ0) is 11.1. The molecule has 0 saturated heterocycles. The molecular formula is C11H18ClNO2.